The molecule has 2 amide bonds. The molecular weight excluding hydrogens is 668 g/mol. The zero-order valence-electron chi connectivity index (χ0n) is 20.5. The molecule has 42 heavy (non-hydrogen) atoms. The van der Waals surface area contributed by atoms with Crippen LogP contribution in [0.4, 0.5) is 58.4 Å². The summed E-state index contributed by atoms with van der Waals surface area (Å²) >= 11 is 2.33. The highest BCUT2D eigenvalue weighted by Gasteiger charge is 2.73. The number of carbonyl (C=O) groups excluding carboxylic acids is 2. The largest absolute Gasteiger partial charge is 0.435 e. The van der Waals surface area contributed by atoms with Gasteiger partial charge in [0.25, 0.3) is 11.8 Å². The number of alkyl halides is 10. The molecule has 0 aliphatic heterocycles. The molecule has 2 N–H and O–H groups in total. The molecule has 0 atom stereocenters. The van der Waals surface area contributed by atoms with E-state index in [1.165, 1.54) is 31.3 Å². The van der Waals surface area contributed by atoms with E-state index in [4.69, 9.17) is 0 Å². The Labute approximate surface area is 236 Å². The Bertz CT molecular complexity index is 1420. The van der Waals surface area contributed by atoms with Crippen LogP contribution in [0.3, 0.4) is 0 Å². The van der Waals surface area contributed by atoms with E-state index in [1.807, 2.05) is 0 Å². The summed E-state index contributed by atoms with van der Waals surface area (Å²) < 4.78 is 157. The summed E-state index contributed by atoms with van der Waals surface area (Å²) in [6, 6.07) is 8.40. The van der Waals surface area contributed by atoms with Gasteiger partial charge in [0.05, 0.1) is 16.8 Å². The third-order valence-electron chi connectivity index (χ3n) is 5.27. The number of rotatable bonds is 4. The molecule has 0 aliphatic rings. The van der Waals surface area contributed by atoms with E-state index >= 15 is 0 Å². The molecule has 3 aromatic carbocycles. The molecule has 0 spiro atoms. The van der Waals surface area contributed by atoms with Gasteiger partial charge in [-0.3, -0.25) is 9.59 Å². The van der Waals surface area contributed by atoms with Crippen LogP contribution in [-0.4, -0.2) is 31.2 Å². The van der Waals surface area contributed by atoms with Crippen molar-refractivity contribution >= 4 is 33.4 Å². The van der Waals surface area contributed by atoms with Crippen LogP contribution < -0.4 is 10.6 Å². The fourth-order valence-electron chi connectivity index (χ4n) is 3.22. The number of hydrogen-bond donors (Lipinski definition) is 2. The minimum absolute atomic E-state index is 0.201. The topological polar surface area (TPSA) is 58.2 Å². The quantitative estimate of drug-likeness (QED) is 0.272. The summed E-state index contributed by atoms with van der Waals surface area (Å²) in [6.07, 6.45) is -19.0. The maximum atomic E-state index is 14.2. The van der Waals surface area contributed by atoms with Gasteiger partial charge in [0.2, 0.25) is 0 Å². The van der Waals surface area contributed by atoms with Gasteiger partial charge in [0.15, 0.2) is 0 Å². The highest BCUT2D eigenvalue weighted by Crippen LogP contribution is 2.55. The van der Waals surface area contributed by atoms with Gasteiger partial charge in [-0.15, -0.1) is 0 Å². The maximum Gasteiger partial charge on any atom is 0.435 e. The SMILES string of the molecule is CNC(=O)c1ccc(F)cc1.O=C(Nc1c(Br)cc(C(F)(C(F)(F)F)C(F)(F)F)cc1C(F)(F)F)c1ccccc1F. The molecule has 17 heteroatoms. The number of halogens is 13. The predicted molar refractivity (Wildman–Crippen MR) is 128 cm³/mol. The molecule has 228 valence electrons. The molecule has 3 aromatic rings. The van der Waals surface area contributed by atoms with E-state index in [9.17, 15) is 62.3 Å². The molecule has 4 nitrogen and oxygen atoms in total. The van der Waals surface area contributed by atoms with Crippen molar-refractivity contribution in [3.05, 3.63) is 99.0 Å². The van der Waals surface area contributed by atoms with Gasteiger partial charge in [-0.1, -0.05) is 12.1 Å². The Kier molecular flexibility index (Phi) is 10.4. The second kappa shape index (κ2) is 12.6. The van der Waals surface area contributed by atoms with E-state index < -0.39 is 68.8 Å². The molecule has 0 aromatic heterocycles. The smallest absolute Gasteiger partial charge is 0.355 e. The van der Waals surface area contributed by atoms with Crippen LogP contribution in [0.2, 0.25) is 0 Å². The second-order valence-electron chi connectivity index (χ2n) is 8.05. The average Bonchev–Trinajstić information content (AvgIpc) is 2.87. The van der Waals surface area contributed by atoms with Crippen molar-refractivity contribution < 1.29 is 62.3 Å². The van der Waals surface area contributed by atoms with Crippen molar-refractivity contribution in [1.29, 1.82) is 0 Å². The molecule has 0 bridgehead atoms. The predicted octanol–water partition coefficient (Wildman–Crippen LogP) is 8.33. The normalized spacial score (nSPS) is 12.2. The lowest BCUT2D eigenvalue weighted by Gasteiger charge is -2.31. The third kappa shape index (κ3) is 7.54. The van der Waals surface area contributed by atoms with Gasteiger partial charge in [-0.05, 0) is 64.5 Å². The van der Waals surface area contributed by atoms with Crippen molar-refractivity contribution in [2.45, 2.75) is 24.2 Å². The Hall–Kier alpha value is -3.76. The molecule has 0 saturated carbocycles. The first kappa shape index (κ1) is 34.4. The molecule has 0 fully saturated rings. The first-order valence-electron chi connectivity index (χ1n) is 10.9. The first-order valence-corrected chi connectivity index (χ1v) is 11.7. The van der Waals surface area contributed by atoms with Crippen LogP contribution in [0, 0.1) is 11.6 Å². The number of anilines is 1. The van der Waals surface area contributed by atoms with Crippen molar-refractivity contribution in [2.24, 2.45) is 0 Å². The highest BCUT2D eigenvalue weighted by molar-refractivity contribution is 9.10. The lowest BCUT2D eigenvalue weighted by molar-refractivity contribution is -0.348. The van der Waals surface area contributed by atoms with E-state index in [0.29, 0.717) is 5.56 Å². The summed E-state index contributed by atoms with van der Waals surface area (Å²) in [5.74, 6) is -3.20. The standard InChI is InChI=1S/C17H7BrF11NO.C8H8FNO/c18-10-6-7(14(20,16(24,25)26)17(27,28)29)5-9(15(21,22)23)12(10)30-13(31)8-3-1-2-4-11(8)19;1-10-8(11)6-2-4-7(9)5-3-6/h1-6H,(H,30,31);2-5H,1H3,(H,10,11). The molecule has 0 aliphatic carbocycles. The highest BCUT2D eigenvalue weighted by atomic mass is 79.9. The minimum Gasteiger partial charge on any atom is -0.355 e. The third-order valence-corrected chi connectivity index (χ3v) is 5.89. The van der Waals surface area contributed by atoms with E-state index in [-0.39, 0.29) is 17.8 Å². The minimum atomic E-state index is -6.66. The molecule has 0 unspecified atom stereocenters. The first-order chi connectivity index (χ1) is 19.1. The Morgan fingerprint density at radius 1 is 0.738 bits per heavy atom. The lowest BCUT2D eigenvalue weighted by atomic mass is 9.92. The van der Waals surface area contributed by atoms with Crippen LogP contribution in [0.25, 0.3) is 0 Å². The summed E-state index contributed by atoms with van der Waals surface area (Å²) in [5, 5.41) is 4.01. The second-order valence-corrected chi connectivity index (χ2v) is 8.91. The molecule has 0 saturated heterocycles. The fraction of sp³-hybridized carbons (Fsp3) is 0.200. The van der Waals surface area contributed by atoms with Crippen molar-refractivity contribution in [1.82, 2.24) is 5.32 Å². The Balaban J connectivity index is 0.000000468. The van der Waals surface area contributed by atoms with E-state index in [1.54, 1.807) is 5.32 Å². The van der Waals surface area contributed by atoms with Crippen LogP contribution in [-0.2, 0) is 11.8 Å². The number of benzene rings is 3. The van der Waals surface area contributed by atoms with Crippen molar-refractivity contribution in [3.63, 3.8) is 0 Å². The Morgan fingerprint density at radius 3 is 1.71 bits per heavy atom. The van der Waals surface area contributed by atoms with Crippen LogP contribution in [0.5, 0.6) is 0 Å². The van der Waals surface area contributed by atoms with E-state index in [2.05, 4.69) is 21.2 Å². The monoisotopic (exact) mass is 682 g/mol. The van der Waals surface area contributed by atoms with Gasteiger partial charge in [-0.2, -0.15) is 39.5 Å². The summed E-state index contributed by atoms with van der Waals surface area (Å²) in [6.45, 7) is 0. The molecule has 3 rings (SSSR count). The number of amides is 2. The zero-order chi connectivity index (χ0) is 32.3. The Morgan fingerprint density at radius 2 is 1.26 bits per heavy atom. The van der Waals surface area contributed by atoms with Gasteiger partial charge in [0.1, 0.15) is 11.6 Å². The molecule has 0 heterocycles. The van der Waals surface area contributed by atoms with Crippen molar-refractivity contribution in [2.75, 3.05) is 12.4 Å². The number of hydrogen-bond acceptors (Lipinski definition) is 2. The average molecular weight is 683 g/mol. The van der Waals surface area contributed by atoms with Gasteiger partial charge in [0, 0.05) is 22.6 Å². The van der Waals surface area contributed by atoms with Gasteiger partial charge >= 0.3 is 24.2 Å². The summed E-state index contributed by atoms with van der Waals surface area (Å²) in [4.78, 5) is 23.0. The lowest BCUT2D eigenvalue weighted by Crippen LogP contribution is -2.50. The van der Waals surface area contributed by atoms with Gasteiger partial charge < -0.3 is 10.6 Å². The summed E-state index contributed by atoms with van der Waals surface area (Å²) in [5.41, 5.74) is -12.4. The van der Waals surface area contributed by atoms with Crippen LogP contribution in [0.15, 0.2) is 65.1 Å². The fourth-order valence-corrected chi connectivity index (χ4v) is 3.78. The van der Waals surface area contributed by atoms with Crippen LogP contribution >= 0.6 is 15.9 Å². The number of nitrogens with one attached hydrogen (secondary N) is 2. The van der Waals surface area contributed by atoms with Crippen molar-refractivity contribution in [3.8, 4) is 0 Å². The van der Waals surface area contributed by atoms with Gasteiger partial charge in [-0.25, -0.2) is 13.2 Å². The zero-order valence-corrected chi connectivity index (χ0v) is 22.1. The number of carbonyl (C=O) groups is 2. The van der Waals surface area contributed by atoms with Crippen LogP contribution in [0.1, 0.15) is 31.8 Å². The summed E-state index contributed by atoms with van der Waals surface area (Å²) in [7, 11) is 1.53. The maximum absolute atomic E-state index is 14.2. The molecule has 0 radical (unpaired) electrons. The molecular formula is C25H15BrF12N2O2. The van der Waals surface area contributed by atoms with E-state index in [0.717, 1.165) is 24.3 Å².